The quantitative estimate of drug-likeness (QED) is 0.225. The summed E-state index contributed by atoms with van der Waals surface area (Å²) in [5.74, 6) is 0.680. The zero-order valence-corrected chi connectivity index (χ0v) is 18.9. The van der Waals surface area contributed by atoms with Gasteiger partial charge in [0.15, 0.2) is 11.0 Å². The minimum Gasteiger partial charge on any atom is -0.272 e. The van der Waals surface area contributed by atoms with Gasteiger partial charge in [0.2, 0.25) is 0 Å². The summed E-state index contributed by atoms with van der Waals surface area (Å²) in [6.45, 7) is 1.84. The molecule has 0 unspecified atom stereocenters. The Kier molecular flexibility index (Phi) is 7.45. The number of amides is 1. The lowest BCUT2D eigenvalue weighted by atomic mass is 10.2. The van der Waals surface area contributed by atoms with Crippen LogP contribution in [0.5, 0.6) is 0 Å². The van der Waals surface area contributed by atoms with Crippen molar-refractivity contribution in [2.45, 2.75) is 12.1 Å². The van der Waals surface area contributed by atoms with Crippen molar-refractivity contribution in [1.82, 2.24) is 20.2 Å². The number of para-hydroxylation sites is 1. The lowest BCUT2D eigenvalue weighted by Gasteiger charge is -2.10. The van der Waals surface area contributed by atoms with Crippen molar-refractivity contribution in [1.29, 1.82) is 0 Å². The molecule has 0 saturated heterocycles. The molecule has 0 saturated carbocycles. The van der Waals surface area contributed by atoms with E-state index in [4.69, 9.17) is 0 Å². The Balaban J connectivity index is 1.44. The first-order valence-corrected chi connectivity index (χ1v) is 11.4. The molecule has 0 aliphatic carbocycles. The van der Waals surface area contributed by atoms with E-state index < -0.39 is 0 Å². The van der Waals surface area contributed by atoms with Crippen molar-refractivity contribution in [2.75, 3.05) is 5.75 Å². The lowest BCUT2D eigenvalue weighted by Crippen LogP contribution is -2.20. The van der Waals surface area contributed by atoms with E-state index >= 15 is 0 Å². The van der Waals surface area contributed by atoms with Crippen LogP contribution in [0, 0.1) is 0 Å². The standard InChI is InChI=1S/C26H23N5OS/c1-20(17-18-21-11-5-2-6-12-21)27-28-24(32)19-33-26-30-29-25(22-13-7-3-8-14-22)31(26)23-15-9-4-10-16-23/h2-18H,19H2,1H3,(H,28,32)/b18-17-,27-20?. The van der Waals surface area contributed by atoms with Crippen molar-refractivity contribution in [3.8, 4) is 17.1 Å². The lowest BCUT2D eigenvalue weighted by molar-refractivity contribution is -0.118. The monoisotopic (exact) mass is 453 g/mol. The molecule has 0 aliphatic heterocycles. The molecule has 33 heavy (non-hydrogen) atoms. The van der Waals surface area contributed by atoms with E-state index in [9.17, 15) is 4.79 Å². The third kappa shape index (κ3) is 6.05. The number of carbonyl (C=O) groups is 1. The molecule has 0 aliphatic rings. The fourth-order valence-corrected chi connectivity index (χ4v) is 3.82. The van der Waals surface area contributed by atoms with E-state index in [1.54, 1.807) is 0 Å². The number of nitrogens with zero attached hydrogens (tertiary/aromatic N) is 4. The van der Waals surface area contributed by atoms with Gasteiger partial charge in [-0.1, -0.05) is 96.7 Å². The molecule has 164 valence electrons. The first kappa shape index (κ1) is 22.2. The van der Waals surface area contributed by atoms with Crippen LogP contribution in [0.25, 0.3) is 23.2 Å². The third-order valence-corrected chi connectivity index (χ3v) is 5.61. The van der Waals surface area contributed by atoms with Crippen LogP contribution >= 0.6 is 11.8 Å². The maximum Gasteiger partial charge on any atom is 0.250 e. The Morgan fingerprint density at radius 2 is 1.58 bits per heavy atom. The highest BCUT2D eigenvalue weighted by Crippen LogP contribution is 2.27. The molecule has 0 radical (unpaired) electrons. The minimum absolute atomic E-state index is 0.166. The average Bonchev–Trinajstić information content (AvgIpc) is 3.30. The number of hydrazone groups is 1. The predicted molar refractivity (Wildman–Crippen MR) is 134 cm³/mol. The molecule has 3 aromatic carbocycles. The van der Waals surface area contributed by atoms with Gasteiger partial charge in [-0.15, -0.1) is 10.2 Å². The molecule has 6 nitrogen and oxygen atoms in total. The summed E-state index contributed by atoms with van der Waals surface area (Å²) in [4.78, 5) is 12.4. The number of carbonyl (C=O) groups excluding carboxylic acids is 1. The van der Waals surface area contributed by atoms with E-state index in [0.717, 1.165) is 22.6 Å². The Morgan fingerprint density at radius 1 is 0.939 bits per heavy atom. The number of hydrogen-bond acceptors (Lipinski definition) is 5. The summed E-state index contributed by atoms with van der Waals surface area (Å²) >= 11 is 1.32. The molecule has 0 atom stereocenters. The minimum atomic E-state index is -0.212. The maximum atomic E-state index is 12.4. The Morgan fingerprint density at radius 3 is 2.27 bits per heavy atom. The number of rotatable bonds is 8. The molecule has 1 N–H and O–H groups in total. The zero-order valence-electron chi connectivity index (χ0n) is 18.1. The van der Waals surface area contributed by atoms with E-state index in [2.05, 4.69) is 20.7 Å². The van der Waals surface area contributed by atoms with Crippen LogP contribution in [-0.4, -0.2) is 32.1 Å². The first-order chi connectivity index (χ1) is 16.2. The van der Waals surface area contributed by atoms with Crippen molar-refractivity contribution >= 4 is 29.5 Å². The second-order valence-corrected chi connectivity index (χ2v) is 8.11. The number of thioether (sulfide) groups is 1. The van der Waals surface area contributed by atoms with Crippen molar-refractivity contribution in [2.24, 2.45) is 5.10 Å². The topological polar surface area (TPSA) is 72.2 Å². The van der Waals surface area contributed by atoms with Gasteiger partial charge in [-0.25, -0.2) is 5.43 Å². The van der Waals surface area contributed by atoms with Crippen molar-refractivity contribution < 1.29 is 4.79 Å². The normalized spacial score (nSPS) is 11.6. The largest absolute Gasteiger partial charge is 0.272 e. The Labute approximate surface area is 197 Å². The second-order valence-electron chi connectivity index (χ2n) is 7.16. The Bertz CT molecular complexity index is 1250. The smallest absolute Gasteiger partial charge is 0.250 e. The van der Waals surface area contributed by atoms with Crippen LogP contribution in [0.3, 0.4) is 0 Å². The van der Waals surface area contributed by atoms with E-state index in [1.165, 1.54) is 11.8 Å². The molecule has 0 bridgehead atoms. The van der Waals surface area contributed by atoms with Gasteiger partial charge in [0.1, 0.15) is 0 Å². The van der Waals surface area contributed by atoms with Gasteiger partial charge in [0, 0.05) is 11.3 Å². The van der Waals surface area contributed by atoms with Crippen molar-refractivity contribution in [3.63, 3.8) is 0 Å². The molecular weight excluding hydrogens is 430 g/mol. The van der Waals surface area contributed by atoms with Gasteiger partial charge in [-0.3, -0.25) is 9.36 Å². The highest BCUT2D eigenvalue weighted by atomic mass is 32.2. The molecule has 4 aromatic rings. The number of nitrogens with one attached hydrogen (secondary N) is 1. The molecule has 1 amide bonds. The summed E-state index contributed by atoms with van der Waals surface area (Å²) in [6.07, 6.45) is 3.81. The first-order valence-electron chi connectivity index (χ1n) is 10.5. The molecule has 1 heterocycles. The van der Waals surface area contributed by atoms with Crippen molar-refractivity contribution in [3.05, 3.63) is 103 Å². The highest BCUT2D eigenvalue weighted by molar-refractivity contribution is 7.99. The van der Waals surface area contributed by atoms with Gasteiger partial charge in [-0.05, 0) is 30.7 Å². The molecule has 0 fully saturated rings. The van der Waals surface area contributed by atoms with Crippen LogP contribution in [0.2, 0.25) is 0 Å². The van der Waals surface area contributed by atoms with Crippen LogP contribution in [-0.2, 0) is 4.79 Å². The molecule has 4 rings (SSSR count). The van der Waals surface area contributed by atoms with Crippen LogP contribution in [0.4, 0.5) is 0 Å². The number of allylic oxidation sites excluding steroid dienone is 1. The number of benzene rings is 3. The number of aromatic nitrogens is 3. The fraction of sp³-hybridized carbons (Fsp3) is 0.0769. The summed E-state index contributed by atoms with van der Waals surface area (Å²) in [6, 6.07) is 29.7. The van der Waals surface area contributed by atoms with Crippen LogP contribution in [0.1, 0.15) is 12.5 Å². The Hall–Kier alpha value is -3.97. The summed E-state index contributed by atoms with van der Waals surface area (Å²) in [7, 11) is 0. The van der Waals surface area contributed by atoms with E-state index in [1.807, 2.05) is 115 Å². The van der Waals surface area contributed by atoms with E-state index in [0.29, 0.717) is 10.9 Å². The average molecular weight is 454 g/mol. The maximum absolute atomic E-state index is 12.4. The second kappa shape index (κ2) is 11.1. The summed E-state index contributed by atoms with van der Waals surface area (Å²) in [5, 5.41) is 13.5. The molecule has 0 spiro atoms. The predicted octanol–water partition coefficient (Wildman–Crippen LogP) is 5.23. The SMILES string of the molecule is CC(/C=C\c1ccccc1)=NNC(=O)CSc1nnc(-c2ccccc2)n1-c1ccccc1. The zero-order chi connectivity index (χ0) is 22.9. The van der Waals surface area contributed by atoms with Crippen LogP contribution in [0.15, 0.2) is 107 Å². The summed E-state index contributed by atoms with van der Waals surface area (Å²) in [5.41, 5.74) is 6.27. The molecule has 7 heteroatoms. The molecular formula is C26H23N5OS. The number of hydrogen-bond donors (Lipinski definition) is 1. The molecule has 1 aromatic heterocycles. The van der Waals surface area contributed by atoms with E-state index in [-0.39, 0.29) is 11.7 Å². The fourth-order valence-electron chi connectivity index (χ4n) is 3.08. The van der Waals surface area contributed by atoms with Crippen LogP contribution < -0.4 is 5.43 Å². The van der Waals surface area contributed by atoms with Gasteiger partial charge >= 0.3 is 0 Å². The third-order valence-electron chi connectivity index (χ3n) is 4.69. The summed E-state index contributed by atoms with van der Waals surface area (Å²) < 4.78 is 1.96. The van der Waals surface area contributed by atoms with Gasteiger partial charge in [-0.2, -0.15) is 5.10 Å². The van der Waals surface area contributed by atoms with Gasteiger partial charge in [0.25, 0.3) is 5.91 Å². The highest BCUT2D eigenvalue weighted by Gasteiger charge is 2.17. The van der Waals surface area contributed by atoms with Gasteiger partial charge in [0.05, 0.1) is 11.5 Å². The van der Waals surface area contributed by atoms with Gasteiger partial charge < -0.3 is 0 Å².